The van der Waals surface area contributed by atoms with E-state index in [1.165, 1.54) is 5.56 Å². The van der Waals surface area contributed by atoms with Crippen LogP contribution in [0.3, 0.4) is 0 Å². The molecule has 2 rings (SSSR count). The molecule has 1 heterocycles. The lowest BCUT2D eigenvalue weighted by Gasteiger charge is -2.34. The number of carboxylic acid groups (broad SMARTS) is 1. The molecule has 0 aliphatic carbocycles. The monoisotopic (exact) mass is 262 g/mol. The van der Waals surface area contributed by atoms with Gasteiger partial charge in [-0.15, -0.1) is 0 Å². The van der Waals surface area contributed by atoms with E-state index in [1.54, 1.807) is 0 Å². The second-order valence-corrected chi connectivity index (χ2v) is 5.13. The first-order chi connectivity index (χ1) is 9.18. The smallest absolute Gasteiger partial charge is 0.304 e. The molecule has 4 nitrogen and oxygen atoms in total. The highest BCUT2D eigenvalue weighted by Crippen LogP contribution is 2.24. The Morgan fingerprint density at radius 1 is 1.47 bits per heavy atom. The van der Waals surface area contributed by atoms with E-state index < -0.39 is 5.97 Å². The van der Waals surface area contributed by atoms with Crippen LogP contribution in [0.15, 0.2) is 30.3 Å². The summed E-state index contributed by atoms with van der Waals surface area (Å²) in [7, 11) is 0. The van der Waals surface area contributed by atoms with Crippen LogP contribution in [0, 0.1) is 0 Å². The van der Waals surface area contributed by atoms with Gasteiger partial charge in [-0.2, -0.15) is 0 Å². The molecule has 1 aromatic carbocycles. The molecule has 1 aliphatic rings. The average molecular weight is 262 g/mol. The SMILES string of the molecule is CC(c1ccccc1)N1CCCNCC1CC(=O)O. The maximum atomic E-state index is 11.0. The van der Waals surface area contributed by atoms with Gasteiger partial charge in [-0.3, -0.25) is 9.69 Å². The minimum atomic E-state index is -0.723. The Bertz CT molecular complexity index is 408. The number of benzene rings is 1. The Morgan fingerprint density at radius 3 is 2.89 bits per heavy atom. The summed E-state index contributed by atoms with van der Waals surface area (Å²) in [5.41, 5.74) is 1.25. The maximum Gasteiger partial charge on any atom is 0.304 e. The van der Waals surface area contributed by atoms with E-state index in [1.807, 2.05) is 18.2 Å². The van der Waals surface area contributed by atoms with Crippen molar-refractivity contribution in [2.24, 2.45) is 0 Å². The largest absolute Gasteiger partial charge is 0.481 e. The van der Waals surface area contributed by atoms with Crippen LogP contribution in [0.5, 0.6) is 0 Å². The second kappa shape index (κ2) is 6.68. The quantitative estimate of drug-likeness (QED) is 0.870. The van der Waals surface area contributed by atoms with Gasteiger partial charge in [-0.05, 0) is 25.5 Å². The highest BCUT2D eigenvalue weighted by atomic mass is 16.4. The number of rotatable bonds is 4. The standard InChI is InChI=1S/C15H22N2O2/c1-12(13-6-3-2-4-7-13)17-9-5-8-16-11-14(17)10-15(18)19/h2-4,6-7,12,14,16H,5,8-11H2,1H3,(H,18,19). The van der Waals surface area contributed by atoms with Crippen molar-refractivity contribution in [2.45, 2.75) is 31.8 Å². The summed E-state index contributed by atoms with van der Waals surface area (Å²) < 4.78 is 0. The molecule has 0 amide bonds. The van der Waals surface area contributed by atoms with Crippen LogP contribution in [-0.4, -0.2) is 41.7 Å². The normalized spacial score (nSPS) is 22.7. The fourth-order valence-electron chi connectivity index (χ4n) is 2.78. The van der Waals surface area contributed by atoms with Crippen molar-refractivity contribution in [1.82, 2.24) is 10.2 Å². The van der Waals surface area contributed by atoms with E-state index in [4.69, 9.17) is 5.11 Å². The molecule has 2 unspecified atom stereocenters. The number of nitrogens with zero attached hydrogens (tertiary/aromatic N) is 1. The number of carboxylic acids is 1. The van der Waals surface area contributed by atoms with E-state index in [0.717, 1.165) is 26.1 Å². The topological polar surface area (TPSA) is 52.6 Å². The second-order valence-electron chi connectivity index (χ2n) is 5.13. The molecule has 1 fully saturated rings. The molecule has 0 saturated carbocycles. The first kappa shape index (κ1) is 14.0. The zero-order chi connectivity index (χ0) is 13.7. The van der Waals surface area contributed by atoms with E-state index in [-0.39, 0.29) is 18.5 Å². The van der Waals surface area contributed by atoms with Crippen molar-refractivity contribution in [3.05, 3.63) is 35.9 Å². The molecule has 1 aliphatic heterocycles. The summed E-state index contributed by atoms with van der Waals surface area (Å²) in [5, 5.41) is 12.4. The van der Waals surface area contributed by atoms with Gasteiger partial charge in [-0.25, -0.2) is 0 Å². The Morgan fingerprint density at radius 2 is 2.21 bits per heavy atom. The van der Waals surface area contributed by atoms with Crippen molar-refractivity contribution in [2.75, 3.05) is 19.6 Å². The van der Waals surface area contributed by atoms with Crippen LogP contribution in [0.25, 0.3) is 0 Å². The van der Waals surface area contributed by atoms with Crippen molar-refractivity contribution < 1.29 is 9.90 Å². The number of hydrogen-bond donors (Lipinski definition) is 2. The third kappa shape index (κ3) is 3.78. The third-order valence-corrected chi connectivity index (χ3v) is 3.81. The Labute approximate surface area is 114 Å². The summed E-state index contributed by atoms with van der Waals surface area (Å²) in [6, 6.07) is 10.6. The predicted molar refractivity (Wildman–Crippen MR) is 75.1 cm³/mol. The lowest BCUT2D eigenvalue weighted by Crippen LogP contribution is -2.42. The van der Waals surface area contributed by atoms with E-state index >= 15 is 0 Å². The first-order valence-corrected chi connectivity index (χ1v) is 6.91. The number of aliphatic carboxylic acids is 1. The molecule has 1 saturated heterocycles. The molecule has 0 radical (unpaired) electrons. The molecule has 19 heavy (non-hydrogen) atoms. The Kier molecular flexibility index (Phi) is 4.93. The molecule has 4 heteroatoms. The molecular weight excluding hydrogens is 240 g/mol. The van der Waals surface area contributed by atoms with Gasteiger partial charge in [0.2, 0.25) is 0 Å². The Hall–Kier alpha value is -1.39. The highest BCUT2D eigenvalue weighted by molar-refractivity contribution is 5.67. The highest BCUT2D eigenvalue weighted by Gasteiger charge is 2.27. The molecule has 1 aromatic rings. The first-order valence-electron chi connectivity index (χ1n) is 6.91. The molecule has 0 spiro atoms. The van der Waals surface area contributed by atoms with Gasteiger partial charge in [0.1, 0.15) is 0 Å². The van der Waals surface area contributed by atoms with Gasteiger partial charge in [0, 0.05) is 25.2 Å². The molecule has 0 aromatic heterocycles. The molecular formula is C15H22N2O2. The van der Waals surface area contributed by atoms with E-state index in [9.17, 15) is 4.79 Å². The maximum absolute atomic E-state index is 11.0. The number of hydrogen-bond acceptors (Lipinski definition) is 3. The number of nitrogens with one attached hydrogen (secondary N) is 1. The van der Waals surface area contributed by atoms with Crippen molar-refractivity contribution >= 4 is 5.97 Å². The van der Waals surface area contributed by atoms with Crippen molar-refractivity contribution in [3.63, 3.8) is 0 Å². The van der Waals surface area contributed by atoms with Gasteiger partial charge < -0.3 is 10.4 Å². The predicted octanol–water partition coefficient (Wildman–Crippen LogP) is 1.89. The summed E-state index contributed by atoms with van der Waals surface area (Å²) in [4.78, 5) is 13.4. The number of carbonyl (C=O) groups is 1. The fraction of sp³-hybridized carbons (Fsp3) is 0.533. The van der Waals surface area contributed by atoms with Crippen LogP contribution in [0.2, 0.25) is 0 Å². The lowest BCUT2D eigenvalue weighted by molar-refractivity contribution is -0.138. The van der Waals surface area contributed by atoms with Crippen LogP contribution in [-0.2, 0) is 4.79 Å². The Balaban J connectivity index is 2.15. The van der Waals surface area contributed by atoms with Gasteiger partial charge in [0.15, 0.2) is 0 Å². The van der Waals surface area contributed by atoms with Crippen molar-refractivity contribution in [3.8, 4) is 0 Å². The van der Waals surface area contributed by atoms with Crippen LogP contribution >= 0.6 is 0 Å². The van der Waals surface area contributed by atoms with E-state index in [0.29, 0.717) is 0 Å². The summed E-state index contributed by atoms with van der Waals surface area (Å²) in [6.07, 6.45) is 1.26. The molecule has 2 N–H and O–H groups in total. The van der Waals surface area contributed by atoms with Gasteiger partial charge in [0.05, 0.1) is 6.42 Å². The van der Waals surface area contributed by atoms with Gasteiger partial charge in [0.25, 0.3) is 0 Å². The van der Waals surface area contributed by atoms with Crippen LogP contribution in [0.1, 0.15) is 31.4 Å². The summed E-state index contributed by atoms with van der Waals surface area (Å²) in [6.45, 7) is 4.83. The molecule has 104 valence electrons. The average Bonchev–Trinajstić information content (AvgIpc) is 2.64. The minimum Gasteiger partial charge on any atom is -0.481 e. The minimum absolute atomic E-state index is 0.0650. The summed E-state index contributed by atoms with van der Waals surface area (Å²) >= 11 is 0. The third-order valence-electron chi connectivity index (χ3n) is 3.81. The van der Waals surface area contributed by atoms with Gasteiger partial charge in [-0.1, -0.05) is 30.3 Å². The van der Waals surface area contributed by atoms with E-state index in [2.05, 4.69) is 29.3 Å². The van der Waals surface area contributed by atoms with Crippen LogP contribution < -0.4 is 5.32 Å². The van der Waals surface area contributed by atoms with Gasteiger partial charge >= 0.3 is 5.97 Å². The van der Waals surface area contributed by atoms with Crippen molar-refractivity contribution in [1.29, 1.82) is 0 Å². The van der Waals surface area contributed by atoms with Crippen LogP contribution in [0.4, 0.5) is 0 Å². The molecule has 2 atom stereocenters. The molecule has 0 bridgehead atoms. The summed E-state index contributed by atoms with van der Waals surface area (Å²) in [5.74, 6) is -0.723. The zero-order valence-electron chi connectivity index (χ0n) is 11.4. The zero-order valence-corrected chi connectivity index (χ0v) is 11.4. The fourth-order valence-corrected chi connectivity index (χ4v) is 2.78. The lowest BCUT2D eigenvalue weighted by atomic mass is 10.0.